The molecule has 0 aliphatic carbocycles. The SMILES string of the molecule is CCCCCC[C@@H](O)CBr. The lowest BCUT2D eigenvalue weighted by Crippen LogP contribution is -2.06. The van der Waals surface area contributed by atoms with E-state index in [4.69, 9.17) is 5.11 Å². The lowest BCUT2D eigenvalue weighted by Gasteiger charge is -2.04. The van der Waals surface area contributed by atoms with Crippen LogP contribution in [0.2, 0.25) is 0 Å². The molecule has 62 valence electrons. The number of aliphatic hydroxyl groups excluding tert-OH is 1. The monoisotopic (exact) mass is 208 g/mol. The van der Waals surface area contributed by atoms with Crippen molar-refractivity contribution in [2.75, 3.05) is 5.33 Å². The first kappa shape index (κ1) is 10.4. The molecular weight excluding hydrogens is 192 g/mol. The van der Waals surface area contributed by atoms with Gasteiger partial charge >= 0.3 is 0 Å². The number of hydrogen-bond acceptors (Lipinski definition) is 1. The highest BCUT2D eigenvalue weighted by atomic mass is 79.9. The van der Waals surface area contributed by atoms with Gasteiger partial charge in [-0.3, -0.25) is 0 Å². The van der Waals surface area contributed by atoms with Gasteiger partial charge in [-0.25, -0.2) is 0 Å². The van der Waals surface area contributed by atoms with E-state index >= 15 is 0 Å². The van der Waals surface area contributed by atoms with Gasteiger partial charge in [-0.05, 0) is 6.42 Å². The Hall–Kier alpha value is 0.440. The van der Waals surface area contributed by atoms with Crippen LogP contribution in [-0.2, 0) is 0 Å². The van der Waals surface area contributed by atoms with Crippen molar-refractivity contribution >= 4 is 15.9 Å². The van der Waals surface area contributed by atoms with Gasteiger partial charge in [0.05, 0.1) is 6.10 Å². The standard InChI is InChI=1S/C8H17BrO/c1-2-3-4-5-6-8(10)7-9/h8,10H,2-7H2,1H3/t8-/m1/s1. The second-order valence-corrected chi connectivity index (χ2v) is 3.30. The maximum Gasteiger partial charge on any atom is 0.0637 e. The van der Waals surface area contributed by atoms with Gasteiger partial charge in [0.2, 0.25) is 0 Å². The Morgan fingerprint density at radius 3 is 2.50 bits per heavy atom. The van der Waals surface area contributed by atoms with Gasteiger partial charge in [0.15, 0.2) is 0 Å². The highest BCUT2D eigenvalue weighted by molar-refractivity contribution is 9.09. The molecule has 0 aliphatic heterocycles. The summed E-state index contributed by atoms with van der Waals surface area (Å²) < 4.78 is 0. The van der Waals surface area contributed by atoms with Crippen molar-refractivity contribution in [1.82, 2.24) is 0 Å². The Morgan fingerprint density at radius 1 is 1.30 bits per heavy atom. The van der Waals surface area contributed by atoms with Crippen LogP contribution in [-0.4, -0.2) is 16.5 Å². The molecule has 1 atom stereocenters. The Kier molecular flexibility index (Phi) is 7.88. The summed E-state index contributed by atoms with van der Waals surface area (Å²) in [5.41, 5.74) is 0. The summed E-state index contributed by atoms with van der Waals surface area (Å²) in [6.45, 7) is 2.20. The van der Waals surface area contributed by atoms with Crippen LogP contribution in [0.4, 0.5) is 0 Å². The predicted octanol–water partition coefficient (Wildman–Crippen LogP) is 2.71. The Bertz CT molecular complexity index is 66.3. The lowest BCUT2D eigenvalue weighted by molar-refractivity contribution is 0.186. The first-order chi connectivity index (χ1) is 4.81. The third kappa shape index (κ3) is 6.56. The molecule has 0 aliphatic rings. The second-order valence-electron chi connectivity index (χ2n) is 2.66. The fourth-order valence-electron chi connectivity index (χ4n) is 0.884. The fraction of sp³-hybridized carbons (Fsp3) is 1.00. The lowest BCUT2D eigenvalue weighted by atomic mass is 10.1. The third-order valence-electron chi connectivity index (χ3n) is 1.57. The van der Waals surface area contributed by atoms with E-state index in [0.29, 0.717) is 0 Å². The van der Waals surface area contributed by atoms with Crippen LogP contribution in [0.1, 0.15) is 39.0 Å². The second kappa shape index (κ2) is 7.55. The van der Waals surface area contributed by atoms with Gasteiger partial charge in [-0.15, -0.1) is 0 Å². The Morgan fingerprint density at radius 2 is 2.00 bits per heavy atom. The van der Waals surface area contributed by atoms with E-state index in [2.05, 4.69) is 22.9 Å². The van der Waals surface area contributed by atoms with Crippen molar-refractivity contribution in [3.05, 3.63) is 0 Å². The van der Waals surface area contributed by atoms with E-state index in [1.165, 1.54) is 25.7 Å². The van der Waals surface area contributed by atoms with Crippen LogP contribution < -0.4 is 0 Å². The molecule has 1 N–H and O–H groups in total. The van der Waals surface area contributed by atoms with Gasteiger partial charge < -0.3 is 5.11 Å². The molecule has 0 aromatic heterocycles. The summed E-state index contributed by atoms with van der Waals surface area (Å²) in [7, 11) is 0. The Labute approximate surface area is 72.0 Å². The van der Waals surface area contributed by atoms with Crippen LogP contribution in [0.5, 0.6) is 0 Å². The summed E-state index contributed by atoms with van der Waals surface area (Å²) in [6, 6.07) is 0. The molecule has 0 spiro atoms. The third-order valence-corrected chi connectivity index (χ3v) is 2.32. The van der Waals surface area contributed by atoms with Gasteiger partial charge in [0.1, 0.15) is 0 Å². The van der Waals surface area contributed by atoms with Crippen molar-refractivity contribution in [2.24, 2.45) is 0 Å². The number of aliphatic hydroxyl groups is 1. The molecular formula is C8H17BrO. The predicted molar refractivity (Wildman–Crippen MR) is 48.6 cm³/mol. The van der Waals surface area contributed by atoms with Gasteiger partial charge in [-0.2, -0.15) is 0 Å². The average Bonchev–Trinajstić information content (AvgIpc) is 1.98. The maximum atomic E-state index is 9.11. The van der Waals surface area contributed by atoms with E-state index in [1.807, 2.05) is 0 Å². The zero-order valence-electron chi connectivity index (χ0n) is 6.65. The van der Waals surface area contributed by atoms with Crippen molar-refractivity contribution in [3.63, 3.8) is 0 Å². The van der Waals surface area contributed by atoms with Crippen molar-refractivity contribution in [1.29, 1.82) is 0 Å². The smallest absolute Gasteiger partial charge is 0.0637 e. The summed E-state index contributed by atoms with van der Waals surface area (Å²) in [4.78, 5) is 0. The van der Waals surface area contributed by atoms with Crippen LogP contribution in [0, 0.1) is 0 Å². The molecule has 1 nitrogen and oxygen atoms in total. The van der Waals surface area contributed by atoms with Crippen LogP contribution >= 0.6 is 15.9 Å². The molecule has 0 bridgehead atoms. The number of hydrogen-bond donors (Lipinski definition) is 1. The molecule has 0 fully saturated rings. The summed E-state index contributed by atoms with van der Waals surface area (Å²) in [6.07, 6.45) is 5.82. The zero-order chi connectivity index (χ0) is 7.82. The normalized spacial score (nSPS) is 13.5. The highest BCUT2D eigenvalue weighted by Gasteiger charge is 1.99. The molecule has 2 heteroatoms. The maximum absolute atomic E-state index is 9.11. The van der Waals surface area contributed by atoms with Crippen LogP contribution in [0.25, 0.3) is 0 Å². The van der Waals surface area contributed by atoms with Gasteiger partial charge in [0, 0.05) is 5.33 Å². The van der Waals surface area contributed by atoms with E-state index < -0.39 is 0 Å². The molecule has 0 heterocycles. The minimum atomic E-state index is -0.128. The first-order valence-electron chi connectivity index (χ1n) is 4.05. The minimum Gasteiger partial charge on any atom is -0.392 e. The minimum absolute atomic E-state index is 0.128. The fourth-order valence-corrected chi connectivity index (χ4v) is 1.21. The van der Waals surface area contributed by atoms with E-state index in [1.54, 1.807) is 0 Å². The highest BCUT2D eigenvalue weighted by Crippen LogP contribution is 2.06. The van der Waals surface area contributed by atoms with E-state index in [0.717, 1.165) is 11.8 Å². The van der Waals surface area contributed by atoms with Gasteiger partial charge in [0.25, 0.3) is 0 Å². The molecule has 0 rings (SSSR count). The molecule has 0 saturated heterocycles. The topological polar surface area (TPSA) is 20.2 Å². The van der Waals surface area contributed by atoms with Crippen LogP contribution in [0.3, 0.4) is 0 Å². The number of unbranched alkanes of at least 4 members (excludes halogenated alkanes) is 3. The largest absolute Gasteiger partial charge is 0.392 e. The molecule has 0 radical (unpaired) electrons. The molecule has 0 amide bonds. The Balaban J connectivity index is 2.89. The quantitative estimate of drug-likeness (QED) is 0.526. The molecule has 0 saturated carbocycles. The summed E-state index contributed by atoms with van der Waals surface area (Å²) >= 11 is 3.23. The molecule has 0 aromatic carbocycles. The number of halogens is 1. The van der Waals surface area contributed by atoms with Crippen LogP contribution in [0.15, 0.2) is 0 Å². The molecule has 0 unspecified atom stereocenters. The average molecular weight is 209 g/mol. The zero-order valence-corrected chi connectivity index (χ0v) is 8.23. The van der Waals surface area contributed by atoms with E-state index in [9.17, 15) is 0 Å². The van der Waals surface area contributed by atoms with Crippen molar-refractivity contribution in [2.45, 2.75) is 45.1 Å². The van der Waals surface area contributed by atoms with Crippen molar-refractivity contribution < 1.29 is 5.11 Å². The summed E-state index contributed by atoms with van der Waals surface area (Å²) in [5.74, 6) is 0. The van der Waals surface area contributed by atoms with E-state index in [-0.39, 0.29) is 6.10 Å². The van der Waals surface area contributed by atoms with Crippen molar-refractivity contribution in [3.8, 4) is 0 Å². The number of alkyl halides is 1. The number of rotatable bonds is 6. The molecule has 10 heavy (non-hydrogen) atoms. The van der Waals surface area contributed by atoms with Gasteiger partial charge in [-0.1, -0.05) is 48.5 Å². The summed E-state index contributed by atoms with van der Waals surface area (Å²) in [5, 5.41) is 9.83. The first-order valence-corrected chi connectivity index (χ1v) is 5.17. The molecule has 0 aromatic rings.